The van der Waals surface area contributed by atoms with E-state index in [1.807, 2.05) is 32.0 Å². The molecule has 0 saturated heterocycles. The summed E-state index contributed by atoms with van der Waals surface area (Å²) in [6, 6.07) is 11.2. The van der Waals surface area contributed by atoms with Gasteiger partial charge in [-0.3, -0.25) is 14.0 Å². The fourth-order valence-corrected chi connectivity index (χ4v) is 2.66. The van der Waals surface area contributed by atoms with E-state index in [0.717, 1.165) is 16.8 Å². The highest BCUT2D eigenvalue weighted by Gasteiger charge is 2.21. The lowest BCUT2D eigenvalue weighted by molar-refractivity contribution is 0.0955. The summed E-state index contributed by atoms with van der Waals surface area (Å²) >= 11 is 0. The SMILES string of the molecule is C=CCNC(=O)c1nc(C(=O)Nc2cc(C)ccc2C)n2ccccc12. The zero-order valence-electron chi connectivity index (χ0n) is 14.7. The number of benzene rings is 1. The molecule has 6 heteroatoms. The second-order valence-electron chi connectivity index (χ2n) is 6.01. The van der Waals surface area contributed by atoms with Gasteiger partial charge < -0.3 is 10.6 Å². The molecule has 0 spiro atoms. The number of nitrogens with one attached hydrogen (secondary N) is 2. The molecule has 2 aromatic heterocycles. The van der Waals surface area contributed by atoms with Crippen molar-refractivity contribution in [3.05, 3.63) is 77.9 Å². The molecule has 0 aliphatic rings. The van der Waals surface area contributed by atoms with Gasteiger partial charge in [-0.25, -0.2) is 4.98 Å². The molecule has 0 atom stereocenters. The largest absolute Gasteiger partial charge is 0.347 e. The molecule has 0 aliphatic carbocycles. The third kappa shape index (κ3) is 3.35. The van der Waals surface area contributed by atoms with Crippen molar-refractivity contribution < 1.29 is 9.59 Å². The Bertz CT molecular complexity index is 1000. The van der Waals surface area contributed by atoms with Crippen LogP contribution in [0, 0.1) is 13.8 Å². The van der Waals surface area contributed by atoms with Crippen molar-refractivity contribution in [3.63, 3.8) is 0 Å². The Balaban J connectivity index is 1.99. The molecular formula is C20H20N4O2. The van der Waals surface area contributed by atoms with Crippen LogP contribution in [-0.4, -0.2) is 27.7 Å². The molecule has 3 rings (SSSR count). The van der Waals surface area contributed by atoms with Crippen LogP contribution in [0.3, 0.4) is 0 Å². The first-order valence-electron chi connectivity index (χ1n) is 8.26. The van der Waals surface area contributed by atoms with E-state index < -0.39 is 0 Å². The van der Waals surface area contributed by atoms with Crippen molar-refractivity contribution in [1.29, 1.82) is 0 Å². The Morgan fingerprint density at radius 1 is 1.19 bits per heavy atom. The van der Waals surface area contributed by atoms with Gasteiger partial charge in [0.15, 0.2) is 5.69 Å². The van der Waals surface area contributed by atoms with E-state index in [-0.39, 0.29) is 23.3 Å². The van der Waals surface area contributed by atoms with Gasteiger partial charge in [0.1, 0.15) is 0 Å². The van der Waals surface area contributed by atoms with Crippen molar-refractivity contribution in [1.82, 2.24) is 14.7 Å². The lowest BCUT2D eigenvalue weighted by atomic mass is 10.1. The molecule has 132 valence electrons. The summed E-state index contributed by atoms with van der Waals surface area (Å²) in [5.74, 6) is -0.563. The van der Waals surface area contributed by atoms with E-state index in [2.05, 4.69) is 22.2 Å². The molecular weight excluding hydrogens is 328 g/mol. The lowest BCUT2D eigenvalue weighted by Crippen LogP contribution is -2.24. The Labute approximate surface area is 151 Å². The monoisotopic (exact) mass is 348 g/mol. The highest BCUT2D eigenvalue weighted by Crippen LogP contribution is 2.19. The van der Waals surface area contributed by atoms with Crippen LogP contribution in [0.4, 0.5) is 5.69 Å². The maximum Gasteiger partial charge on any atom is 0.292 e. The lowest BCUT2D eigenvalue weighted by Gasteiger charge is -2.08. The molecule has 3 aromatic rings. The first-order chi connectivity index (χ1) is 12.5. The van der Waals surface area contributed by atoms with Crippen LogP contribution in [0.1, 0.15) is 32.2 Å². The summed E-state index contributed by atoms with van der Waals surface area (Å²) in [4.78, 5) is 29.4. The summed E-state index contributed by atoms with van der Waals surface area (Å²) in [6.45, 7) is 7.79. The number of imidazole rings is 1. The number of pyridine rings is 1. The smallest absolute Gasteiger partial charge is 0.292 e. The van der Waals surface area contributed by atoms with Gasteiger partial charge in [-0.2, -0.15) is 0 Å². The number of aryl methyl sites for hydroxylation is 2. The molecule has 0 saturated carbocycles. The van der Waals surface area contributed by atoms with Crippen LogP contribution in [0.2, 0.25) is 0 Å². The number of amides is 2. The third-order valence-corrected chi connectivity index (χ3v) is 4.01. The summed E-state index contributed by atoms with van der Waals surface area (Å²) in [7, 11) is 0. The summed E-state index contributed by atoms with van der Waals surface area (Å²) in [5.41, 5.74) is 3.50. The number of anilines is 1. The van der Waals surface area contributed by atoms with E-state index in [4.69, 9.17) is 0 Å². The predicted octanol–water partition coefficient (Wildman–Crippen LogP) is 3.12. The molecule has 0 radical (unpaired) electrons. The topological polar surface area (TPSA) is 75.5 Å². The first-order valence-corrected chi connectivity index (χ1v) is 8.26. The normalized spacial score (nSPS) is 10.5. The zero-order chi connectivity index (χ0) is 18.7. The second-order valence-corrected chi connectivity index (χ2v) is 6.01. The minimum atomic E-state index is -0.373. The first kappa shape index (κ1) is 17.4. The summed E-state index contributed by atoms with van der Waals surface area (Å²) in [6.07, 6.45) is 3.30. The standard InChI is InChI=1S/C20H20N4O2/c1-4-10-21-19(25)17-16-7-5-6-11-24(16)18(23-17)20(26)22-15-12-13(2)8-9-14(15)3/h4-9,11-12H,1,10H2,2-3H3,(H,21,25)(H,22,26). The van der Waals surface area contributed by atoms with Gasteiger partial charge in [0.2, 0.25) is 5.82 Å². The van der Waals surface area contributed by atoms with E-state index in [9.17, 15) is 9.59 Å². The van der Waals surface area contributed by atoms with Crippen LogP contribution in [-0.2, 0) is 0 Å². The summed E-state index contributed by atoms with van der Waals surface area (Å²) < 4.78 is 1.61. The van der Waals surface area contributed by atoms with Crippen molar-refractivity contribution in [2.45, 2.75) is 13.8 Å². The van der Waals surface area contributed by atoms with E-state index in [1.54, 1.807) is 34.9 Å². The van der Waals surface area contributed by atoms with Crippen LogP contribution < -0.4 is 10.6 Å². The van der Waals surface area contributed by atoms with Gasteiger partial charge in [-0.05, 0) is 43.2 Å². The molecule has 0 bridgehead atoms. The molecule has 0 unspecified atom stereocenters. The van der Waals surface area contributed by atoms with E-state index in [1.165, 1.54) is 0 Å². The van der Waals surface area contributed by atoms with Gasteiger partial charge in [-0.15, -0.1) is 6.58 Å². The Hall–Kier alpha value is -3.41. The molecule has 6 nitrogen and oxygen atoms in total. The van der Waals surface area contributed by atoms with E-state index >= 15 is 0 Å². The number of nitrogens with zero attached hydrogens (tertiary/aromatic N) is 2. The molecule has 2 amide bonds. The van der Waals surface area contributed by atoms with E-state index in [0.29, 0.717) is 12.1 Å². The van der Waals surface area contributed by atoms with Crippen molar-refractivity contribution in [3.8, 4) is 0 Å². The van der Waals surface area contributed by atoms with Gasteiger partial charge in [0, 0.05) is 18.4 Å². The van der Waals surface area contributed by atoms with Crippen molar-refractivity contribution in [2.75, 3.05) is 11.9 Å². The minimum Gasteiger partial charge on any atom is -0.347 e. The maximum absolute atomic E-state index is 12.8. The van der Waals surface area contributed by atoms with Gasteiger partial charge in [-0.1, -0.05) is 24.3 Å². The van der Waals surface area contributed by atoms with Crippen LogP contribution in [0.5, 0.6) is 0 Å². The number of rotatable bonds is 5. The highest BCUT2D eigenvalue weighted by molar-refractivity contribution is 6.06. The number of hydrogen-bond acceptors (Lipinski definition) is 3. The fourth-order valence-electron chi connectivity index (χ4n) is 2.66. The maximum atomic E-state index is 12.8. The number of carbonyl (C=O) groups is 2. The number of fused-ring (bicyclic) bond motifs is 1. The van der Waals surface area contributed by atoms with Crippen LogP contribution in [0.15, 0.2) is 55.3 Å². The van der Waals surface area contributed by atoms with Crippen molar-refractivity contribution in [2.24, 2.45) is 0 Å². The van der Waals surface area contributed by atoms with Gasteiger partial charge in [0.05, 0.1) is 5.52 Å². The average Bonchev–Trinajstić information content (AvgIpc) is 3.02. The molecule has 2 heterocycles. The molecule has 2 N–H and O–H groups in total. The molecule has 26 heavy (non-hydrogen) atoms. The molecule has 0 aliphatic heterocycles. The Morgan fingerprint density at radius 2 is 2.00 bits per heavy atom. The Kier molecular flexibility index (Phi) is 4.84. The Morgan fingerprint density at radius 3 is 2.77 bits per heavy atom. The quantitative estimate of drug-likeness (QED) is 0.696. The zero-order valence-corrected chi connectivity index (χ0v) is 14.7. The fraction of sp³-hybridized carbons (Fsp3) is 0.150. The summed E-state index contributed by atoms with van der Waals surface area (Å²) in [5, 5.41) is 5.58. The second kappa shape index (κ2) is 7.23. The van der Waals surface area contributed by atoms with Crippen molar-refractivity contribution >= 4 is 23.0 Å². The van der Waals surface area contributed by atoms with Crippen LogP contribution in [0.25, 0.3) is 5.52 Å². The highest BCUT2D eigenvalue weighted by atomic mass is 16.2. The molecule has 0 fully saturated rings. The van der Waals surface area contributed by atoms with Crippen LogP contribution >= 0.6 is 0 Å². The van der Waals surface area contributed by atoms with Gasteiger partial charge >= 0.3 is 0 Å². The number of aromatic nitrogens is 2. The van der Waals surface area contributed by atoms with Gasteiger partial charge in [0.25, 0.3) is 11.8 Å². The third-order valence-electron chi connectivity index (χ3n) is 4.01. The minimum absolute atomic E-state index is 0.158. The number of carbonyl (C=O) groups excluding carboxylic acids is 2. The molecule has 1 aromatic carbocycles. The number of hydrogen-bond donors (Lipinski definition) is 2. The average molecular weight is 348 g/mol. The predicted molar refractivity (Wildman–Crippen MR) is 102 cm³/mol.